The predicted molar refractivity (Wildman–Crippen MR) is 130 cm³/mol. The van der Waals surface area contributed by atoms with Crippen molar-refractivity contribution in [3.63, 3.8) is 0 Å². The molecule has 33 heavy (non-hydrogen) atoms. The van der Waals surface area contributed by atoms with Gasteiger partial charge in [0.15, 0.2) is 5.66 Å². The van der Waals surface area contributed by atoms with Crippen LogP contribution in [0.15, 0.2) is 30.3 Å². The highest BCUT2D eigenvalue weighted by molar-refractivity contribution is 7.61. The summed E-state index contributed by atoms with van der Waals surface area (Å²) in [7, 11) is -2.24. The Bertz CT molecular complexity index is 742. The largest absolute Gasteiger partial charge is 0.467 e. The molecule has 0 saturated carbocycles. The normalized spacial score (nSPS) is 15.3. The first-order valence-electron chi connectivity index (χ1n) is 11.2. The average Bonchev–Trinajstić information content (AvgIpc) is 2.68. The smallest absolute Gasteiger partial charge is 0.413 e. The summed E-state index contributed by atoms with van der Waals surface area (Å²) in [6.07, 6.45) is -0.308. The minimum absolute atomic E-state index is 0.0589. The maximum atomic E-state index is 12.6. The fraction of sp³-hybridized carbons (Fsp3) is 0.667. The zero-order valence-corrected chi connectivity index (χ0v) is 22.3. The van der Waals surface area contributed by atoms with Gasteiger partial charge < -0.3 is 14.8 Å². The van der Waals surface area contributed by atoms with E-state index in [1.165, 1.54) is 7.11 Å². The highest BCUT2D eigenvalue weighted by atomic mass is 31.2. The van der Waals surface area contributed by atoms with Crippen LogP contribution in [0, 0.1) is 5.92 Å². The molecule has 188 valence electrons. The molecule has 0 aliphatic carbocycles. The van der Waals surface area contributed by atoms with Gasteiger partial charge in [0.05, 0.1) is 7.11 Å². The molecular formula is C24H41NO7P+. The van der Waals surface area contributed by atoms with Crippen LogP contribution in [-0.4, -0.2) is 47.0 Å². The molecule has 0 spiro atoms. The Hall–Kier alpha value is -1.73. The van der Waals surface area contributed by atoms with Gasteiger partial charge in [0.2, 0.25) is 0 Å². The number of alkyl carbamates (subject to hydrolysis) is 1. The second-order valence-corrected chi connectivity index (χ2v) is 12.2. The predicted octanol–water partition coefficient (Wildman–Crippen LogP) is 5.25. The third kappa shape index (κ3) is 9.97. The summed E-state index contributed by atoms with van der Waals surface area (Å²) in [6.45, 7) is 14.7. The molecule has 3 atom stereocenters. The van der Waals surface area contributed by atoms with E-state index in [0.29, 0.717) is 6.42 Å². The number of esters is 1. The van der Waals surface area contributed by atoms with E-state index in [9.17, 15) is 14.5 Å². The minimum atomic E-state index is -3.49. The van der Waals surface area contributed by atoms with Gasteiger partial charge in [-0.05, 0) is 53.5 Å². The maximum absolute atomic E-state index is 12.6. The second-order valence-electron chi connectivity index (χ2n) is 10.0. The Morgan fingerprint density at radius 3 is 1.97 bits per heavy atom. The summed E-state index contributed by atoms with van der Waals surface area (Å²) in [4.78, 5) is 36.8. The molecule has 1 aromatic carbocycles. The van der Waals surface area contributed by atoms with Gasteiger partial charge in [0.1, 0.15) is 23.9 Å². The molecule has 1 amide bonds. The van der Waals surface area contributed by atoms with Crippen LogP contribution in [0.1, 0.15) is 67.4 Å². The van der Waals surface area contributed by atoms with Crippen molar-refractivity contribution in [3.8, 4) is 0 Å². The summed E-state index contributed by atoms with van der Waals surface area (Å²) < 4.78 is 22.4. The molecule has 1 unspecified atom stereocenters. The van der Waals surface area contributed by atoms with Crippen molar-refractivity contribution in [2.75, 3.05) is 7.11 Å². The molecule has 0 aliphatic heterocycles. The average molecular weight is 487 g/mol. The zero-order valence-electron chi connectivity index (χ0n) is 21.4. The van der Waals surface area contributed by atoms with E-state index in [-0.39, 0.29) is 6.61 Å². The summed E-state index contributed by atoms with van der Waals surface area (Å²) in [5.74, 6) is -1.22. The molecule has 2 N–H and O–H groups in total. The highest BCUT2D eigenvalue weighted by Gasteiger charge is 2.58. The van der Waals surface area contributed by atoms with Gasteiger partial charge in [-0.15, -0.1) is 0 Å². The van der Waals surface area contributed by atoms with Crippen LogP contribution < -0.4 is 5.32 Å². The first-order chi connectivity index (χ1) is 15.1. The number of carbonyl (C=O) groups excluding carboxylic acids is 2. The number of methoxy groups -OCH3 is 1. The van der Waals surface area contributed by atoms with Gasteiger partial charge in [0, 0.05) is 5.92 Å². The van der Waals surface area contributed by atoms with Crippen molar-refractivity contribution in [1.82, 2.24) is 5.32 Å². The fourth-order valence-corrected chi connectivity index (χ4v) is 6.59. The lowest BCUT2D eigenvalue weighted by Crippen LogP contribution is -2.50. The molecule has 0 heterocycles. The van der Waals surface area contributed by atoms with Crippen molar-refractivity contribution in [2.24, 2.45) is 5.92 Å². The highest BCUT2D eigenvalue weighted by Crippen LogP contribution is 2.68. The number of rotatable bonds is 10. The topological polar surface area (TPSA) is 103 Å². The zero-order chi connectivity index (χ0) is 25.4. The number of amides is 1. The summed E-state index contributed by atoms with van der Waals surface area (Å²) in [6, 6.07) is 8.15. The number of hydrogen-bond donors (Lipinski definition) is 2. The van der Waals surface area contributed by atoms with Gasteiger partial charge in [-0.3, -0.25) is 0 Å². The van der Waals surface area contributed by atoms with Gasteiger partial charge in [-0.25, -0.2) is 9.59 Å². The van der Waals surface area contributed by atoms with Crippen LogP contribution in [0.4, 0.5) is 4.79 Å². The Morgan fingerprint density at radius 2 is 1.55 bits per heavy atom. The standard InChI is InChI=1S/C24H40NO7P/c1-10-19(33(28,31-23(3,4)5)32-24(6,7)8)17(2)20(21(26)29-9)25-22(27)30-16-18-14-12-11-13-15-18/h11-15,17,19-20,28H,10,16H2,1-9H3/p+1/t17-,19?,20-/m0/s1. The first-order valence-corrected chi connectivity index (χ1v) is 12.8. The summed E-state index contributed by atoms with van der Waals surface area (Å²) in [5, 5.41) is 2.61. The van der Waals surface area contributed by atoms with Crippen molar-refractivity contribution < 1.29 is 33.0 Å². The number of nitrogens with one attached hydrogen (secondary N) is 1. The maximum Gasteiger partial charge on any atom is 0.413 e. The van der Waals surface area contributed by atoms with Crippen LogP contribution in [0.2, 0.25) is 0 Å². The third-order valence-electron chi connectivity index (χ3n) is 4.72. The van der Waals surface area contributed by atoms with E-state index >= 15 is 0 Å². The lowest BCUT2D eigenvalue weighted by Gasteiger charge is -2.37. The van der Waals surface area contributed by atoms with Crippen LogP contribution in [0.5, 0.6) is 0 Å². The van der Waals surface area contributed by atoms with Crippen LogP contribution in [0.25, 0.3) is 0 Å². The van der Waals surface area contributed by atoms with Crippen molar-refractivity contribution in [2.45, 2.75) is 91.3 Å². The molecule has 8 nitrogen and oxygen atoms in total. The first kappa shape index (κ1) is 29.3. The number of ether oxygens (including phenoxy) is 2. The molecule has 0 radical (unpaired) electrons. The Morgan fingerprint density at radius 1 is 1.03 bits per heavy atom. The second kappa shape index (κ2) is 12.1. The van der Waals surface area contributed by atoms with Gasteiger partial charge in [-0.2, -0.15) is 13.9 Å². The third-order valence-corrected chi connectivity index (χ3v) is 8.01. The molecule has 0 fully saturated rings. The number of carbonyl (C=O) groups is 2. The molecule has 9 heteroatoms. The van der Waals surface area contributed by atoms with Crippen LogP contribution >= 0.6 is 7.94 Å². The molecular weight excluding hydrogens is 445 g/mol. The van der Waals surface area contributed by atoms with Crippen molar-refractivity contribution in [3.05, 3.63) is 35.9 Å². The van der Waals surface area contributed by atoms with Crippen molar-refractivity contribution in [1.29, 1.82) is 0 Å². The molecule has 0 bridgehead atoms. The van der Waals surface area contributed by atoms with Gasteiger partial charge >= 0.3 is 20.0 Å². The number of benzene rings is 1. The number of hydrogen-bond acceptors (Lipinski definition) is 7. The van der Waals surface area contributed by atoms with E-state index in [2.05, 4.69) is 5.32 Å². The molecule has 0 aliphatic rings. The Balaban J connectivity index is 3.14. The lowest BCUT2D eigenvalue weighted by atomic mass is 9.96. The van der Waals surface area contributed by atoms with Crippen LogP contribution in [0.3, 0.4) is 0 Å². The Kier molecular flexibility index (Phi) is 10.8. The quantitative estimate of drug-likeness (QED) is 0.344. The molecule has 1 aromatic rings. The van der Waals surface area contributed by atoms with E-state index in [1.807, 2.05) is 78.8 Å². The van der Waals surface area contributed by atoms with E-state index in [1.54, 1.807) is 6.92 Å². The minimum Gasteiger partial charge on any atom is -0.467 e. The molecule has 0 saturated heterocycles. The monoisotopic (exact) mass is 486 g/mol. The lowest BCUT2D eigenvalue weighted by molar-refractivity contribution is -0.144. The van der Waals surface area contributed by atoms with E-state index in [4.69, 9.17) is 18.5 Å². The molecule has 0 aromatic heterocycles. The van der Waals surface area contributed by atoms with Crippen molar-refractivity contribution >= 4 is 20.0 Å². The van der Waals surface area contributed by atoms with E-state index in [0.717, 1.165) is 5.56 Å². The van der Waals surface area contributed by atoms with Crippen LogP contribution in [-0.2, 0) is 29.9 Å². The summed E-state index contributed by atoms with van der Waals surface area (Å²) in [5.41, 5.74) is -1.14. The fourth-order valence-electron chi connectivity index (χ4n) is 3.48. The van der Waals surface area contributed by atoms with Gasteiger partial charge in [0.25, 0.3) is 0 Å². The van der Waals surface area contributed by atoms with E-state index < -0.39 is 48.8 Å². The summed E-state index contributed by atoms with van der Waals surface area (Å²) >= 11 is 0. The van der Waals surface area contributed by atoms with Gasteiger partial charge in [-0.1, -0.05) is 44.2 Å². The Labute approximate surface area is 198 Å². The SMILES string of the molecule is CCC([C@H](C)[C@H](NC(=O)OCc1ccccc1)C(=O)OC)[P+](O)(OC(C)(C)C)OC(C)(C)C. The molecule has 1 rings (SSSR count).